The van der Waals surface area contributed by atoms with E-state index in [0.717, 1.165) is 24.7 Å². The first-order chi connectivity index (χ1) is 13.8. The molecule has 4 aliphatic carbocycles. The Bertz CT molecular complexity index is 606. The highest BCUT2D eigenvalue weighted by atomic mass is 16.5. The summed E-state index contributed by atoms with van der Waals surface area (Å²) in [6.45, 7) is 6.99. The zero-order valence-corrected chi connectivity index (χ0v) is 18.7. The second-order valence-electron chi connectivity index (χ2n) is 11.2. The number of hydrogen-bond donors (Lipinski definition) is 2. The molecule has 0 aromatic heterocycles. The molecule has 0 bridgehead atoms. The third-order valence-electron chi connectivity index (χ3n) is 10.1. The molecule has 4 fully saturated rings. The summed E-state index contributed by atoms with van der Waals surface area (Å²) in [5.74, 6) is 2.80. The first-order valence-electron chi connectivity index (χ1n) is 12.3. The average molecular weight is 407 g/mol. The molecule has 29 heavy (non-hydrogen) atoms. The second kappa shape index (κ2) is 8.15. The van der Waals surface area contributed by atoms with E-state index in [0.29, 0.717) is 36.2 Å². The molecular formula is C25H42O4. The Kier molecular flexibility index (Phi) is 6.07. The molecule has 0 saturated heterocycles. The van der Waals surface area contributed by atoms with Gasteiger partial charge in [0.1, 0.15) is 0 Å². The van der Waals surface area contributed by atoms with Crippen molar-refractivity contribution >= 4 is 5.97 Å². The molecule has 0 radical (unpaired) electrons. The van der Waals surface area contributed by atoms with Crippen molar-refractivity contribution < 1.29 is 19.7 Å². The Morgan fingerprint density at radius 3 is 2.66 bits per heavy atom. The van der Waals surface area contributed by atoms with Crippen LogP contribution < -0.4 is 0 Å². The molecule has 0 amide bonds. The fraction of sp³-hybridized carbons (Fsp3) is 0.960. The monoisotopic (exact) mass is 406 g/mol. The third-order valence-corrected chi connectivity index (χ3v) is 10.1. The molecular weight excluding hydrogens is 364 g/mol. The number of hydrogen-bond acceptors (Lipinski definition) is 4. The van der Waals surface area contributed by atoms with Gasteiger partial charge in [-0.1, -0.05) is 26.7 Å². The molecule has 0 aromatic carbocycles. The number of carbonyl (C=O) groups is 1. The molecule has 4 nitrogen and oxygen atoms in total. The van der Waals surface area contributed by atoms with Crippen molar-refractivity contribution in [2.45, 2.75) is 104 Å². The lowest BCUT2D eigenvalue weighted by Crippen LogP contribution is -2.57. The largest absolute Gasteiger partial charge is 0.466 e. The number of rotatable bonds is 5. The fourth-order valence-corrected chi connectivity index (χ4v) is 8.59. The van der Waals surface area contributed by atoms with Crippen LogP contribution in [0.2, 0.25) is 0 Å². The van der Waals surface area contributed by atoms with Gasteiger partial charge in [-0.3, -0.25) is 4.79 Å². The molecule has 6 unspecified atom stereocenters. The van der Waals surface area contributed by atoms with Gasteiger partial charge in [0.05, 0.1) is 25.2 Å². The second-order valence-corrected chi connectivity index (χ2v) is 11.2. The molecule has 0 spiro atoms. The lowest BCUT2D eigenvalue weighted by Gasteiger charge is -2.62. The highest BCUT2D eigenvalue weighted by Crippen LogP contribution is 2.67. The van der Waals surface area contributed by atoms with Gasteiger partial charge in [-0.25, -0.2) is 0 Å². The summed E-state index contributed by atoms with van der Waals surface area (Å²) in [7, 11) is 0. The Balaban J connectivity index is 1.49. The maximum absolute atomic E-state index is 11.8. The Morgan fingerprint density at radius 2 is 1.90 bits per heavy atom. The summed E-state index contributed by atoms with van der Waals surface area (Å²) >= 11 is 0. The van der Waals surface area contributed by atoms with Gasteiger partial charge in [0.2, 0.25) is 0 Å². The number of fused-ring (bicyclic) bond motifs is 5. The highest BCUT2D eigenvalue weighted by Gasteiger charge is 2.62. The van der Waals surface area contributed by atoms with Crippen molar-refractivity contribution in [3.8, 4) is 0 Å². The van der Waals surface area contributed by atoms with Crippen molar-refractivity contribution in [3.63, 3.8) is 0 Å². The van der Waals surface area contributed by atoms with Gasteiger partial charge in [0.15, 0.2) is 0 Å². The summed E-state index contributed by atoms with van der Waals surface area (Å²) in [6.07, 6.45) is 11.1. The van der Waals surface area contributed by atoms with Crippen LogP contribution in [0.25, 0.3) is 0 Å². The summed E-state index contributed by atoms with van der Waals surface area (Å²) in [5.41, 5.74) is 0.305. The molecule has 9 atom stereocenters. The summed E-state index contributed by atoms with van der Waals surface area (Å²) < 4.78 is 5.01. The van der Waals surface area contributed by atoms with Gasteiger partial charge in [0.25, 0.3) is 0 Å². The SMILES string of the molecule is CCOC(=O)CC(O)CC1CCC2C3CCC4CCCC[C@]4(C)C3C[C@H](O)[C@]12C. The van der Waals surface area contributed by atoms with Crippen molar-refractivity contribution in [1.29, 1.82) is 0 Å². The van der Waals surface area contributed by atoms with E-state index in [-0.39, 0.29) is 23.9 Å². The standard InChI is InChI=1S/C25H42O4/c1-4-29-23(28)14-18(26)13-17-9-11-20-19-10-8-16-7-5-6-12-24(16,2)21(19)15-22(27)25(17,20)3/h16-22,26-27H,4-15H2,1-3H3/t16?,17?,18?,19?,20?,21?,22-,24-,25+/m0/s1. The smallest absolute Gasteiger partial charge is 0.308 e. The van der Waals surface area contributed by atoms with Gasteiger partial charge in [-0.15, -0.1) is 0 Å². The van der Waals surface area contributed by atoms with Crippen molar-refractivity contribution in [3.05, 3.63) is 0 Å². The van der Waals surface area contributed by atoms with E-state index in [2.05, 4.69) is 13.8 Å². The number of esters is 1. The molecule has 4 heteroatoms. The normalized spacial score (nSPS) is 47.6. The van der Waals surface area contributed by atoms with E-state index in [9.17, 15) is 15.0 Å². The van der Waals surface area contributed by atoms with Crippen LogP contribution in [0.4, 0.5) is 0 Å². The van der Waals surface area contributed by atoms with Crippen LogP contribution in [-0.2, 0) is 9.53 Å². The van der Waals surface area contributed by atoms with E-state index < -0.39 is 6.10 Å². The Labute approximate surface area is 176 Å². The maximum Gasteiger partial charge on any atom is 0.308 e. The fourth-order valence-electron chi connectivity index (χ4n) is 8.59. The van der Waals surface area contributed by atoms with Gasteiger partial charge in [-0.05, 0) is 98.7 Å². The van der Waals surface area contributed by atoms with E-state index in [1.165, 1.54) is 44.9 Å². The topological polar surface area (TPSA) is 66.8 Å². The molecule has 4 saturated carbocycles. The first-order valence-corrected chi connectivity index (χ1v) is 12.3. The van der Waals surface area contributed by atoms with Crippen LogP contribution in [0.5, 0.6) is 0 Å². The maximum atomic E-state index is 11.8. The quantitative estimate of drug-likeness (QED) is 0.649. The molecule has 0 aromatic rings. The van der Waals surface area contributed by atoms with E-state index in [1.54, 1.807) is 6.92 Å². The molecule has 166 valence electrons. The number of aliphatic hydroxyl groups excluding tert-OH is 2. The minimum atomic E-state index is -0.661. The van der Waals surface area contributed by atoms with Crippen LogP contribution in [0.3, 0.4) is 0 Å². The van der Waals surface area contributed by atoms with Gasteiger partial charge in [0, 0.05) is 0 Å². The zero-order valence-electron chi connectivity index (χ0n) is 18.7. The van der Waals surface area contributed by atoms with Crippen LogP contribution >= 0.6 is 0 Å². The Morgan fingerprint density at radius 1 is 1.10 bits per heavy atom. The Hall–Kier alpha value is -0.610. The van der Waals surface area contributed by atoms with Crippen LogP contribution in [0.1, 0.15) is 91.4 Å². The van der Waals surface area contributed by atoms with Crippen molar-refractivity contribution in [2.24, 2.45) is 40.4 Å². The summed E-state index contributed by atoms with van der Waals surface area (Å²) in [6, 6.07) is 0. The number of carbonyl (C=O) groups excluding carboxylic acids is 1. The zero-order chi connectivity index (χ0) is 20.8. The van der Waals surface area contributed by atoms with Gasteiger partial charge < -0.3 is 14.9 Å². The van der Waals surface area contributed by atoms with Gasteiger partial charge >= 0.3 is 5.97 Å². The molecule has 0 heterocycles. The van der Waals surface area contributed by atoms with Crippen LogP contribution in [0, 0.1) is 40.4 Å². The number of ether oxygens (including phenoxy) is 1. The predicted octanol–water partition coefficient (Wildman–Crippen LogP) is 4.71. The lowest BCUT2D eigenvalue weighted by atomic mass is 9.44. The first kappa shape index (κ1) is 21.6. The van der Waals surface area contributed by atoms with Crippen molar-refractivity contribution in [1.82, 2.24) is 0 Å². The third kappa shape index (κ3) is 3.56. The number of aliphatic hydroxyl groups is 2. The predicted molar refractivity (Wildman–Crippen MR) is 113 cm³/mol. The summed E-state index contributed by atoms with van der Waals surface area (Å²) in [4.78, 5) is 11.8. The minimum Gasteiger partial charge on any atom is -0.466 e. The molecule has 4 aliphatic rings. The average Bonchev–Trinajstić information content (AvgIpc) is 3.00. The molecule has 2 N–H and O–H groups in total. The van der Waals surface area contributed by atoms with Crippen molar-refractivity contribution in [2.75, 3.05) is 6.61 Å². The van der Waals surface area contributed by atoms with E-state index in [1.807, 2.05) is 0 Å². The summed E-state index contributed by atoms with van der Waals surface area (Å²) in [5, 5.41) is 22.0. The van der Waals surface area contributed by atoms with Crippen LogP contribution in [0.15, 0.2) is 0 Å². The van der Waals surface area contributed by atoms with E-state index in [4.69, 9.17) is 4.74 Å². The molecule has 4 rings (SSSR count). The molecule has 0 aliphatic heterocycles. The van der Waals surface area contributed by atoms with Crippen LogP contribution in [-0.4, -0.2) is 35.0 Å². The minimum absolute atomic E-state index is 0.0764. The lowest BCUT2D eigenvalue weighted by molar-refractivity contribution is -0.166. The van der Waals surface area contributed by atoms with E-state index >= 15 is 0 Å². The highest BCUT2D eigenvalue weighted by molar-refractivity contribution is 5.69. The van der Waals surface area contributed by atoms with Gasteiger partial charge in [-0.2, -0.15) is 0 Å².